The van der Waals surface area contributed by atoms with Gasteiger partial charge in [0.25, 0.3) is 0 Å². The molecule has 0 radical (unpaired) electrons. The first kappa shape index (κ1) is 14.2. The molecule has 1 N–H and O–H groups in total. The van der Waals surface area contributed by atoms with Gasteiger partial charge in [0.1, 0.15) is 11.5 Å². The van der Waals surface area contributed by atoms with Gasteiger partial charge in [0, 0.05) is 16.6 Å². The first-order valence-electron chi connectivity index (χ1n) is 5.97. The van der Waals surface area contributed by atoms with E-state index in [1.54, 1.807) is 0 Å². The Morgan fingerprint density at radius 2 is 1.68 bits per heavy atom. The molecule has 2 aromatic rings. The lowest BCUT2D eigenvalue weighted by molar-refractivity contribution is 0.482. The largest absolute Gasteiger partial charge is 0.457 e. The summed E-state index contributed by atoms with van der Waals surface area (Å²) in [5.74, 6) is 1.46. The Morgan fingerprint density at radius 3 is 2.32 bits per heavy atom. The molecule has 0 bridgehead atoms. The van der Waals surface area contributed by atoms with Gasteiger partial charge >= 0.3 is 0 Å². The van der Waals surface area contributed by atoms with Crippen LogP contribution in [0.3, 0.4) is 0 Å². The van der Waals surface area contributed by atoms with Crippen LogP contribution in [0.2, 0.25) is 10.0 Å². The Labute approximate surface area is 123 Å². The van der Waals surface area contributed by atoms with Gasteiger partial charge in [-0.3, -0.25) is 0 Å². The fourth-order valence-electron chi connectivity index (χ4n) is 1.74. The molecule has 2 nitrogen and oxygen atoms in total. The third kappa shape index (κ3) is 3.63. The van der Waals surface area contributed by atoms with Gasteiger partial charge in [-0.25, -0.2) is 0 Å². The number of benzene rings is 2. The molecule has 0 atom stereocenters. The standard InChI is InChI=1S/C15H15Cl2NO/c1-10-7-12(5-6-14(10)16)19-13-4-3-11(9-18-2)15(17)8-13/h3-8,18H,9H2,1-2H3. The van der Waals surface area contributed by atoms with Crippen molar-refractivity contribution < 1.29 is 4.74 Å². The molecule has 0 saturated heterocycles. The van der Waals surface area contributed by atoms with Crippen molar-refractivity contribution in [3.63, 3.8) is 0 Å². The highest BCUT2D eigenvalue weighted by Gasteiger charge is 2.04. The molecule has 2 rings (SSSR count). The molecule has 0 fully saturated rings. The van der Waals surface area contributed by atoms with Gasteiger partial charge in [0.2, 0.25) is 0 Å². The maximum absolute atomic E-state index is 6.19. The summed E-state index contributed by atoms with van der Waals surface area (Å²) >= 11 is 12.2. The molecular formula is C15H15Cl2NO. The van der Waals surface area contributed by atoms with Crippen molar-refractivity contribution >= 4 is 23.2 Å². The van der Waals surface area contributed by atoms with Crippen LogP contribution >= 0.6 is 23.2 Å². The number of hydrogen-bond donors (Lipinski definition) is 1. The van der Waals surface area contributed by atoms with Crippen LogP contribution in [-0.2, 0) is 6.54 Å². The normalized spacial score (nSPS) is 10.5. The highest BCUT2D eigenvalue weighted by molar-refractivity contribution is 6.31. The van der Waals surface area contributed by atoms with E-state index in [-0.39, 0.29) is 0 Å². The van der Waals surface area contributed by atoms with E-state index in [0.29, 0.717) is 10.8 Å². The Balaban J connectivity index is 2.19. The molecule has 100 valence electrons. The lowest BCUT2D eigenvalue weighted by Gasteiger charge is -2.09. The van der Waals surface area contributed by atoms with Crippen LogP contribution in [0.4, 0.5) is 0 Å². The summed E-state index contributed by atoms with van der Waals surface area (Å²) in [6.45, 7) is 2.68. The van der Waals surface area contributed by atoms with Gasteiger partial charge in [-0.05, 0) is 55.4 Å². The van der Waals surface area contributed by atoms with Crippen LogP contribution in [0.15, 0.2) is 36.4 Å². The molecule has 0 heterocycles. The molecule has 0 aliphatic rings. The van der Waals surface area contributed by atoms with Gasteiger partial charge in [-0.15, -0.1) is 0 Å². The molecule has 0 aliphatic heterocycles. The van der Waals surface area contributed by atoms with E-state index in [2.05, 4.69) is 5.32 Å². The molecule has 0 unspecified atom stereocenters. The highest BCUT2D eigenvalue weighted by atomic mass is 35.5. The number of aryl methyl sites for hydroxylation is 1. The Kier molecular flexibility index (Phi) is 4.70. The van der Waals surface area contributed by atoms with Crippen LogP contribution < -0.4 is 10.1 Å². The lowest BCUT2D eigenvalue weighted by Crippen LogP contribution is -2.05. The van der Waals surface area contributed by atoms with Crippen molar-refractivity contribution in [1.82, 2.24) is 5.32 Å². The van der Waals surface area contributed by atoms with E-state index in [0.717, 1.165) is 28.4 Å². The summed E-state index contributed by atoms with van der Waals surface area (Å²) in [5.41, 5.74) is 2.03. The minimum atomic E-state index is 0.692. The smallest absolute Gasteiger partial charge is 0.128 e. The summed E-state index contributed by atoms with van der Waals surface area (Å²) in [5, 5.41) is 4.49. The molecular weight excluding hydrogens is 281 g/mol. The minimum absolute atomic E-state index is 0.692. The van der Waals surface area contributed by atoms with Crippen LogP contribution in [-0.4, -0.2) is 7.05 Å². The zero-order valence-electron chi connectivity index (χ0n) is 10.8. The Hall–Kier alpha value is -1.22. The molecule has 0 aromatic heterocycles. The average Bonchev–Trinajstić information content (AvgIpc) is 2.37. The van der Waals surface area contributed by atoms with Crippen molar-refractivity contribution in [2.24, 2.45) is 0 Å². The minimum Gasteiger partial charge on any atom is -0.457 e. The molecule has 0 spiro atoms. The maximum atomic E-state index is 6.19. The van der Waals surface area contributed by atoms with Crippen LogP contribution in [0.1, 0.15) is 11.1 Å². The summed E-state index contributed by atoms with van der Waals surface area (Å²) in [4.78, 5) is 0. The first-order valence-corrected chi connectivity index (χ1v) is 6.73. The second-order valence-corrected chi connectivity index (χ2v) is 5.11. The number of ether oxygens (including phenoxy) is 1. The van der Waals surface area contributed by atoms with Gasteiger partial charge in [0.05, 0.1) is 0 Å². The zero-order valence-corrected chi connectivity index (χ0v) is 12.3. The predicted molar refractivity (Wildman–Crippen MR) is 80.5 cm³/mol. The second kappa shape index (κ2) is 6.29. The van der Waals surface area contributed by atoms with Crippen molar-refractivity contribution in [2.75, 3.05) is 7.05 Å². The number of hydrogen-bond acceptors (Lipinski definition) is 2. The monoisotopic (exact) mass is 295 g/mol. The van der Waals surface area contributed by atoms with Crippen LogP contribution in [0, 0.1) is 6.92 Å². The summed E-state index contributed by atoms with van der Waals surface area (Å²) < 4.78 is 5.76. The predicted octanol–water partition coefficient (Wildman–Crippen LogP) is 4.81. The van der Waals surface area contributed by atoms with Gasteiger partial charge in [0.15, 0.2) is 0 Å². The van der Waals surface area contributed by atoms with Crippen molar-refractivity contribution in [2.45, 2.75) is 13.5 Å². The maximum Gasteiger partial charge on any atom is 0.128 e. The van der Waals surface area contributed by atoms with E-state index in [1.165, 1.54) is 0 Å². The Morgan fingerprint density at radius 1 is 1.00 bits per heavy atom. The Bertz CT molecular complexity index is 584. The topological polar surface area (TPSA) is 21.3 Å². The van der Waals surface area contributed by atoms with Crippen molar-refractivity contribution in [3.8, 4) is 11.5 Å². The highest BCUT2D eigenvalue weighted by Crippen LogP contribution is 2.29. The molecule has 2 aromatic carbocycles. The first-order chi connectivity index (χ1) is 9.10. The van der Waals surface area contributed by atoms with Gasteiger partial charge in [-0.2, -0.15) is 0 Å². The van der Waals surface area contributed by atoms with Crippen molar-refractivity contribution in [3.05, 3.63) is 57.6 Å². The van der Waals surface area contributed by atoms with E-state index in [1.807, 2.05) is 50.4 Å². The fraction of sp³-hybridized carbons (Fsp3) is 0.200. The third-order valence-corrected chi connectivity index (χ3v) is 3.53. The van der Waals surface area contributed by atoms with E-state index in [9.17, 15) is 0 Å². The van der Waals surface area contributed by atoms with Gasteiger partial charge in [-0.1, -0.05) is 29.3 Å². The third-order valence-electron chi connectivity index (χ3n) is 2.76. The second-order valence-electron chi connectivity index (χ2n) is 4.30. The quantitative estimate of drug-likeness (QED) is 0.874. The van der Waals surface area contributed by atoms with Crippen molar-refractivity contribution in [1.29, 1.82) is 0 Å². The molecule has 4 heteroatoms. The lowest BCUT2D eigenvalue weighted by atomic mass is 10.2. The summed E-state index contributed by atoms with van der Waals surface area (Å²) in [6, 6.07) is 11.2. The van der Waals surface area contributed by atoms with E-state index >= 15 is 0 Å². The molecule has 0 saturated carbocycles. The summed E-state index contributed by atoms with van der Waals surface area (Å²) in [6.07, 6.45) is 0. The van der Waals surface area contributed by atoms with E-state index in [4.69, 9.17) is 27.9 Å². The number of halogens is 2. The number of nitrogens with one attached hydrogen (secondary N) is 1. The SMILES string of the molecule is CNCc1ccc(Oc2ccc(Cl)c(C)c2)cc1Cl. The van der Waals surface area contributed by atoms with Crippen LogP contribution in [0.5, 0.6) is 11.5 Å². The van der Waals surface area contributed by atoms with Gasteiger partial charge < -0.3 is 10.1 Å². The molecule has 19 heavy (non-hydrogen) atoms. The zero-order chi connectivity index (χ0) is 13.8. The summed E-state index contributed by atoms with van der Waals surface area (Å²) in [7, 11) is 1.89. The number of rotatable bonds is 4. The molecule has 0 aliphatic carbocycles. The van der Waals surface area contributed by atoms with Crippen LogP contribution in [0.25, 0.3) is 0 Å². The molecule has 0 amide bonds. The average molecular weight is 296 g/mol. The van der Waals surface area contributed by atoms with E-state index < -0.39 is 0 Å². The fourth-order valence-corrected chi connectivity index (χ4v) is 2.10.